The standard InChI is InChI=1S/C20H17F4N3O2/c21-12-5-6-13(16(24)10-12)18-11(8-9-28)4-7-17(26-18)27(20(25)29)19-14(22)2-1-3-15(19)23/h1-5,7,10,13,28H,6,8-9H2,(H2,25,29). The minimum Gasteiger partial charge on any atom is -0.396 e. The molecule has 0 saturated heterocycles. The number of aromatic nitrogens is 1. The first-order valence-electron chi connectivity index (χ1n) is 8.70. The smallest absolute Gasteiger partial charge is 0.325 e. The zero-order chi connectivity index (χ0) is 21.1. The molecule has 1 aromatic heterocycles. The Hall–Kier alpha value is -3.20. The first kappa shape index (κ1) is 20.5. The van der Waals surface area contributed by atoms with Gasteiger partial charge in [-0.3, -0.25) is 0 Å². The summed E-state index contributed by atoms with van der Waals surface area (Å²) in [7, 11) is 0. The van der Waals surface area contributed by atoms with Crippen molar-refractivity contribution >= 4 is 17.5 Å². The van der Waals surface area contributed by atoms with Gasteiger partial charge in [0.1, 0.15) is 34.8 Å². The minimum atomic E-state index is -1.20. The molecule has 0 fully saturated rings. The van der Waals surface area contributed by atoms with E-state index < -0.39 is 40.9 Å². The van der Waals surface area contributed by atoms with Crippen LogP contribution in [0.4, 0.5) is 33.9 Å². The Bertz CT molecular complexity index is 987. The number of pyridine rings is 1. The second-order valence-corrected chi connectivity index (χ2v) is 6.34. The first-order chi connectivity index (χ1) is 13.8. The lowest BCUT2D eigenvalue weighted by Crippen LogP contribution is -2.34. The van der Waals surface area contributed by atoms with E-state index in [9.17, 15) is 27.5 Å². The number of benzene rings is 1. The number of halogens is 4. The maximum absolute atomic E-state index is 14.4. The van der Waals surface area contributed by atoms with E-state index in [0.717, 1.165) is 18.2 Å². The highest BCUT2D eigenvalue weighted by Crippen LogP contribution is 2.37. The van der Waals surface area contributed by atoms with Crippen molar-refractivity contribution in [3.63, 3.8) is 0 Å². The molecule has 2 aromatic rings. The van der Waals surface area contributed by atoms with Crippen LogP contribution < -0.4 is 10.6 Å². The monoisotopic (exact) mass is 407 g/mol. The molecule has 1 aliphatic carbocycles. The van der Waals surface area contributed by atoms with Gasteiger partial charge < -0.3 is 10.8 Å². The van der Waals surface area contributed by atoms with Gasteiger partial charge in [0.2, 0.25) is 0 Å². The van der Waals surface area contributed by atoms with Gasteiger partial charge in [-0.05, 0) is 42.7 Å². The molecule has 1 unspecified atom stereocenters. The second-order valence-electron chi connectivity index (χ2n) is 6.34. The fourth-order valence-electron chi connectivity index (χ4n) is 3.17. The molecule has 29 heavy (non-hydrogen) atoms. The van der Waals surface area contributed by atoms with Crippen molar-refractivity contribution in [2.24, 2.45) is 5.73 Å². The Morgan fingerprint density at radius 1 is 1.17 bits per heavy atom. The van der Waals surface area contributed by atoms with Crippen molar-refractivity contribution in [2.45, 2.75) is 18.8 Å². The van der Waals surface area contributed by atoms with Gasteiger partial charge in [0.05, 0.1) is 11.6 Å². The van der Waals surface area contributed by atoms with E-state index in [1.165, 1.54) is 18.2 Å². The van der Waals surface area contributed by atoms with Crippen LogP contribution in [0, 0.1) is 11.6 Å². The van der Waals surface area contributed by atoms with Gasteiger partial charge in [-0.2, -0.15) is 0 Å². The van der Waals surface area contributed by atoms with Crippen LogP contribution in [0.25, 0.3) is 0 Å². The summed E-state index contributed by atoms with van der Waals surface area (Å²) in [6.45, 7) is -0.266. The topological polar surface area (TPSA) is 79.5 Å². The van der Waals surface area contributed by atoms with Crippen molar-refractivity contribution in [3.8, 4) is 0 Å². The van der Waals surface area contributed by atoms with Crippen LogP contribution in [0.2, 0.25) is 0 Å². The average Bonchev–Trinajstić information content (AvgIpc) is 2.65. The molecular weight excluding hydrogens is 390 g/mol. The molecule has 3 rings (SSSR count). The minimum absolute atomic E-state index is 0.0479. The lowest BCUT2D eigenvalue weighted by Gasteiger charge is -2.24. The van der Waals surface area contributed by atoms with Crippen LogP contribution in [-0.4, -0.2) is 22.7 Å². The molecule has 2 amide bonds. The summed E-state index contributed by atoms with van der Waals surface area (Å²) in [4.78, 5) is 16.8. The fourth-order valence-corrected chi connectivity index (χ4v) is 3.17. The third-order valence-corrected chi connectivity index (χ3v) is 4.48. The van der Waals surface area contributed by atoms with Gasteiger partial charge in [-0.15, -0.1) is 0 Å². The van der Waals surface area contributed by atoms with Crippen molar-refractivity contribution < 1.29 is 27.5 Å². The number of para-hydroxylation sites is 1. The number of amides is 2. The third-order valence-electron chi connectivity index (χ3n) is 4.48. The van der Waals surface area contributed by atoms with E-state index in [1.807, 2.05) is 0 Å². The zero-order valence-electron chi connectivity index (χ0n) is 15.1. The molecule has 0 bridgehead atoms. The number of nitrogens with zero attached hydrogens (tertiary/aromatic N) is 2. The predicted molar refractivity (Wildman–Crippen MR) is 98.8 cm³/mol. The summed E-state index contributed by atoms with van der Waals surface area (Å²) in [5.41, 5.74) is 5.17. The molecular formula is C20H17F4N3O2. The third kappa shape index (κ3) is 4.14. The summed E-state index contributed by atoms with van der Waals surface area (Å²) in [5.74, 6) is -4.82. The van der Waals surface area contributed by atoms with E-state index in [0.29, 0.717) is 16.5 Å². The molecule has 0 saturated carbocycles. The number of rotatable bonds is 5. The summed E-state index contributed by atoms with van der Waals surface area (Å²) >= 11 is 0. The van der Waals surface area contributed by atoms with Gasteiger partial charge in [-0.1, -0.05) is 12.1 Å². The van der Waals surface area contributed by atoms with Crippen LogP contribution in [0.15, 0.2) is 54.1 Å². The molecule has 1 aromatic carbocycles. The molecule has 0 aliphatic heterocycles. The zero-order valence-corrected chi connectivity index (χ0v) is 15.1. The van der Waals surface area contributed by atoms with Crippen molar-refractivity contribution in [2.75, 3.05) is 11.5 Å². The number of allylic oxidation sites excluding steroid dienone is 4. The van der Waals surface area contributed by atoms with Crippen molar-refractivity contribution in [1.82, 2.24) is 4.98 Å². The number of hydrogen-bond donors (Lipinski definition) is 2. The number of aliphatic hydroxyl groups is 1. The lowest BCUT2D eigenvalue weighted by molar-refractivity contribution is 0.255. The first-order valence-corrected chi connectivity index (χ1v) is 8.70. The normalized spacial score (nSPS) is 16.2. The van der Waals surface area contributed by atoms with Crippen molar-refractivity contribution in [1.29, 1.82) is 0 Å². The molecule has 0 radical (unpaired) electrons. The van der Waals surface area contributed by atoms with Crippen LogP contribution >= 0.6 is 0 Å². The number of carbonyl (C=O) groups excluding carboxylic acids is 1. The summed E-state index contributed by atoms with van der Waals surface area (Å²) < 4.78 is 56.2. The highest BCUT2D eigenvalue weighted by Gasteiger charge is 2.28. The van der Waals surface area contributed by atoms with E-state index in [1.54, 1.807) is 0 Å². The molecule has 3 N–H and O–H groups in total. The van der Waals surface area contributed by atoms with Gasteiger partial charge in [0.15, 0.2) is 0 Å². The maximum Gasteiger partial charge on any atom is 0.325 e. The Morgan fingerprint density at radius 3 is 2.45 bits per heavy atom. The molecule has 9 heteroatoms. The van der Waals surface area contributed by atoms with E-state index in [-0.39, 0.29) is 31.0 Å². The maximum atomic E-state index is 14.4. The number of carbonyl (C=O) groups is 1. The van der Waals surface area contributed by atoms with E-state index in [4.69, 9.17) is 5.73 Å². The number of primary amides is 1. The van der Waals surface area contributed by atoms with E-state index >= 15 is 0 Å². The van der Waals surface area contributed by atoms with Crippen LogP contribution in [-0.2, 0) is 6.42 Å². The lowest BCUT2D eigenvalue weighted by atomic mass is 9.91. The van der Waals surface area contributed by atoms with Gasteiger partial charge in [-0.25, -0.2) is 32.2 Å². The molecule has 1 heterocycles. The predicted octanol–water partition coefficient (Wildman–Crippen LogP) is 4.31. The average molecular weight is 407 g/mol. The molecule has 5 nitrogen and oxygen atoms in total. The molecule has 1 atom stereocenters. The quantitative estimate of drug-likeness (QED) is 0.725. The summed E-state index contributed by atoms with van der Waals surface area (Å²) in [6, 6.07) is 4.56. The molecule has 1 aliphatic rings. The summed E-state index contributed by atoms with van der Waals surface area (Å²) in [5, 5.41) is 9.28. The van der Waals surface area contributed by atoms with Crippen molar-refractivity contribution in [3.05, 3.63) is 77.0 Å². The van der Waals surface area contributed by atoms with E-state index in [2.05, 4.69) is 4.98 Å². The fraction of sp³-hybridized carbons (Fsp3) is 0.200. The summed E-state index contributed by atoms with van der Waals surface area (Å²) in [6.07, 6.45) is 1.96. The van der Waals surface area contributed by atoms with Crippen LogP contribution in [0.1, 0.15) is 23.6 Å². The van der Waals surface area contributed by atoms with Crippen LogP contribution in [0.5, 0.6) is 0 Å². The van der Waals surface area contributed by atoms with Gasteiger partial charge >= 0.3 is 6.03 Å². The number of aliphatic hydroxyl groups excluding tert-OH is 1. The number of nitrogens with two attached hydrogens (primary N) is 1. The Labute approximate surface area is 163 Å². The number of anilines is 2. The highest BCUT2D eigenvalue weighted by atomic mass is 19.1. The Balaban J connectivity index is 2.15. The van der Waals surface area contributed by atoms with Gasteiger partial charge in [0.25, 0.3) is 0 Å². The Morgan fingerprint density at radius 2 is 1.86 bits per heavy atom. The van der Waals surface area contributed by atoms with Crippen LogP contribution in [0.3, 0.4) is 0 Å². The largest absolute Gasteiger partial charge is 0.396 e. The molecule has 0 spiro atoms. The number of hydrogen-bond acceptors (Lipinski definition) is 3. The SMILES string of the molecule is NC(=O)N(c1ccc(CCO)c(C2CC=C(F)C=C2F)n1)c1c(F)cccc1F. The second kappa shape index (κ2) is 8.44. The number of urea groups is 1. The highest BCUT2D eigenvalue weighted by molar-refractivity contribution is 5.97. The molecule has 152 valence electrons. The van der Waals surface area contributed by atoms with Gasteiger partial charge in [0, 0.05) is 12.7 Å². The Kier molecular flexibility index (Phi) is 5.97.